The molecular weight excluding hydrogens is 432 g/mol. The summed E-state index contributed by atoms with van der Waals surface area (Å²) in [4.78, 5) is 4.28. The van der Waals surface area contributed by atoms with E-state index in [-0.39, 0.29) is 18.9 Å². The van der Waals surface area contributed by atoms with E-state index in [1.165, 1.54) is 11.3 Å². The predicted molar refractivity (Wildman–Crippen MR) is 116 cm³/mol. The molecule has 0 fully saturated rings. The maximum absolute atomic E-state index is 11.5. The standard InChI is InChI=1S/C20H17ClN2O4S2/c1-3-29(25,26)22-12-15-7-4-8-17(19(15)21)27-9-5-6-14-10-16(24)20-18(11-14)28-13(2)23-20/h3-4,7-8,10-11,22,24H,1,9,12H2,2H3. The third-order valence-electron chi connectivity index (χ3n) is 3.84. The van der Waals surface area contributed by atoms with E-state index in [0.717, 1.165) is 15.1 Å². The summed E-state index contributed by atoms with van der Waals surface area (Å²) >= 11 is 7.78. The Hall–Kier alpha value is -2.57. The van der Waals surface area contributed by atoms with Crippen molar-refractivity contribution < 1.29 is 18.3 Å². The Kier molecular flexibility index (Phi) is 6.45. The molecule has 0 aliphatic heterocycles. The number of rotatable bonds is 6. The number of fused-ring (bicyclic) bond motifs is 1. The summed E-state index contributed by atoms with van der Waals surface area (Å²) in [6.45, 7) is 5.21. The number of ether oxygens (including phenoxy) is 1. The number of thiazole rings is 1. The highest BCUT2D eigenvalue weighted by molar-refractivity contribution is 7.92. The highest BCUT2D eigenvalue weighted by atomic mass is 35.5. The number of aromatic nitrogens is 1. The molecule has 0 spiro atoms. The zero-order valence-corrected chi connectivity index (χ0v) is 17.8. The van der Waals surface area contributed by atoms with Gasteiger partial charge in [-0.05, 0) is 30.7 Å². The maximum Gasteiger partial charge on any atom is 0.233 e. The van der Waals surface area contributed by atoms with Gasteiger partial charge < -0.3 is 9.84 Å². The van der Waals surface area contributed by atoms with Gasteiger partial charge >= 0.3 is 0 Å². The molecule has 0 bridgehead atoms. The molecule has 3 rings (SSSR count). The number of hydrogen-bond acceptors (Lipinski definition) is 6. The van der Waals surface area contributed by atoms with Crippen molar-refractivity contribution in [3.63, 3.8) is 0 Å². The monoisotopic (exact) mass is 448 g/mol. The summed E-state index contributed by atoms with van der Waals surface area (Å²) < 4.78 is 31.8. The number of aromatic hydroxyl groups is 1. The molecule has 0 aliphatic carbocycles. The van der Waals surface area contributed by atoms with Crippen molar-refractivity contribution in [3.8, 4) is 23.3 Å². The average Bonchev–Trinajstić information content (AvgIpc) is 3.06. The second-order valence-electron chi connectivity index (χ2n) is 5.93. The summed E-state index contributed by atoms with van der Waals surface area (Å²) in [5, 5.41) is 12.1. The van der Waals surface area contributed by atoms with Crippen LogP contribution in [0, 0.1) is 18.8 Å². The van der Waals surface area contributed by atoms with Gasteiger partial charge in [0.1, 0.15) is 23.6 Å². The smallest absolute Gasteiger partial charge is 0.233 e. The molecule has 29 heavy (non-hydrogen) atoms. The third kappa shape index (κ3) is 5.28. The van der Waals surface area contributed by atoms with Crippen LogP contribution in [0.3, 0.4) is 0 Å². The van der Waals surface area contributed by atoms with E-state index < -0.39 is 10.0 Å². The van der Waals surface area contributed by atoms with Crippen LogP contribution in [0.25, 0.3) is 10.2 Å². The highest BCUT2D eigenvalue weighted by Crippen LogP contribution is 2.30. The van der Waals surface area contributed by atoms with Gasteiger partial charge in [0.05, 0.1) is 14.7 Å². The van der Waals surface area contributed by atoms with Gasteiger partial charge in [-0.3, -0.25) is 0 Å². The fourth-order valence-corrected chi connectivity index (χ4v) is 4.10. The molecule has 150 valence electrons. The van der Waals surface area contributed by atoms with Gasteiger partial charge in [-0.1, -0.05) is 42.2 Å². The zero-order chi connectivity index (χ0) is 21.0. The zero-order valence-electron chi connectivity index (χ0n) is 15.4. The van der Waals surface area contributed by atoms with Crippen molar-refractivity contribution in [2.75, 3.05) is 6.61 Å². The summed E-state index contributed by atoms with van der Waals surface area (Å²) in [5.41, 5.74) is 1.80. The molecule has 6 nitrogen and oxygen atoms in total. The number of nitrogens with one attached hydrogen (secondary N) is 1. The lowest BCUT2D eigenvalue weighted by Gasteiger charge is -2.10. The summed E-state index contributed by atoms with van der Waals surface area (Å²) in [6.07, 6.45) is 0. The topological polar surface area (TPSA) is 88.5 Å². The van der Waals surface area contributed by atoms with E-state index in [1.54, 1.807) is 24.3 Å². The number of sulfonamides is 1. The molecule has 1 aromatic heterocycles. The number of hydrogen-bond donors (Lipinski definition) is 2. The Balaban J connectivity index is 1.68. The van der Waals surface area contributed by atoms with Crippen LogP contribution in [-0.4, -0.2) is 25.1 Å². The Morgan fingerprint density at radius 2 is 2.21 bits per heavy atom. The molecule has 3 aromatic rings. The normalized spacial score (nSPS) is 11.1. The fourth-order valence-electron chi connectivity index (χ4n) is 2.49. The summed E-state index contributed by atoms with van der Waals surface area (Å²) in [7, 11) is -3.55. The molecule has 2 N–H and O–H groups in total. The number of benzene rings is 2. The summed E-state index contributed by atoms with van der Waals surface area (Å²) in [5.74, 6) is 6.31. The van der Waals surface area contributed by atoms with Crippen LogP contribution in [0.1, 0.15) is 16.1 Å². The van der Waals surface area contributed by atoms with Crippen LogP contribution in [0.15, 0.2) is 42.3 Å². The molecule has 0 unspecified atom stereocenters. The molecule has 0 radical (unpaired) electrons. The first-order valence-corrected chi connectivity index (χ1v) is 11.1. The second-order valence-corrected chi connectivity index (χ2v) is 9.25. The summed E-state index contributed by atoms with van der Waals surface area (Å²) in [6, 6.07) is 8.51. The first-order valence-electron chi connectivity index (χ1n) is 8.40. The Labute approximate surface area is 177 Å². The lowest BCUT2D eigenvalue weighted by Crippen LogP contribution is -2.20. The largest absolute Gasteiger partial charge is 0.506 e. The Bertz CT molecular complexity index is 1240. The van der Waals surface area contributed by atoms with Gasteiger partial charge in [-0.2, -0.15) is 0 Å². The molecule has 0 amide bonds. The molecule has 0 saturated heterocycles. The molecule has 1 heterocycles. The quantitative estimate of drug-likeness (QED) is 0.557. The molecular formula is C20H17ClN2O4S2. The minimum absolute atomic E-state index is 0.0175. The number of phenols is 1. The Morgan fingerprint density at radius 1 is 1.41 bits per heavy atom. The number of phenolic OH excluding ortho intramolecular Hbond substituents is 1. The van der Waals surface area contributed by atoms with Gasteiger partial charge in [0, 0.05) is 17.5 Å². The number of halogens is 1. The maximum atomic E-state index is 11.5. The Morgan fingerprint density at radius 3 is 2.97 bits per heavy atom. The van der Waals surface area contributed by atoms with Crippen LogP contribution in [0.5, 0.6) is 11.5 Å². The van der Waals surface area contributed by atoms with Gasteiger partial charge in [0.15, 0.2) is 0 Å². The van der Waals surface area contributed by atoms with Crippen molar-refractivity contribution in [2.45, 2.75) is 13.5 Å². The number of nitrogens with zero attached hydrogens (tertiary/aromatic N) is 1. The first-order chi connectivity index (χ1) is 13.8. The van der Waals surface area contributed by atoms with E-state index in [4.69, 9.17) is 16.3 Å². The molecule has 0 aliphatic rings. The van der Waals surface area contributed by atoms with Crippen molar-refractivity contribution in [1.29, 1.82) is 0 Å². The number of aryl methyl sites for hydroxylation is 1. The minimum atomic E-state index is -3.55. The van der Waals surface area contributed by atoms with Gasteiger partial charge in [-0.15, -0.1) is 11.3 Å². The van der Waals surface area contributed by atoms with E-state index in [2.05, 4.69) is 28.1 Å². The van der Waals surface area contributed by atoms with E-state index in [0.29, 0.717) is 27.4 Å². The van der Waals surface area contributed by atoms with Crippen LogP contribution >= 0.6 is 22.9 Å². The van der Waals surface area contributed by atoms with E-state index in [1.807, 2.05) is 13.0 Å². The van der Waals surface area contributed by atoms with Crippen molar-refractivity contribution in [3.05, 3.63) is 63.5 Å². The predicted octanol–water partition coefficient (Wildman–Crippen LogP) is 3.96. The average molecular weight is 449 g/mol. The fraction of sp³-hybridized carbons (Fsp3) is 0.150. The molecule has 0 saturated carbocycles. The molecule has 0 atom stereocenters. The SMILES string of the molecule is C=CS(=O)(=O)NCc1cccc(OCC#Cc2cc(O)c3nc(C)sc3c2)c1Cl. The molecule has 2 aromatic carbocycles. The van der Waals surface area contributed by atoms with Crippen molar-refractivity contribution >= 4 is 43.2 Å². The second kappa shape index (κ2) is 8.84. The van der Waals surface area contributed by atoms with Crippen LogP contribution in [-0.2, 0) is 16.6 Å². The van der Waals surface area contributed by atoms with Gasteiger partial charge in [0.25, 0.3) is 0 Å². The third-order valence-corrected chi connectivity index (χ3v) is 6.17. The van der Waals surface area contributed by atoms with Gasteiger partial charge in [-0.25, -0.2) is 18.1 Å². The van der Waals surface area contributed by atoms with Crippen LogP contribution < -0.4 is 9.46 Å². The highest BCUT2D eigenvalue weighted by Gasteiger charge is 2.10. The first kappa shape index (κ1) is 21.1. The van der Waals surface area contributed by atoms with Crippen molar-refractivity contribution in [1.82, 2.24) is 9.71 Å². The minimum Gasteiger partial charge on any atom is -0.506 e. The molecule has 9 heteroatoms. The van der Waals surface area contributed by atoms with E-state index >= 15 is 0 Å². The van der Waals surface area contributed by atoms with Crippen LogP contribution in [0.2, 0.25) is 5.02 Å². The van der Waals surface area contributed by atoms with E-state index in [9.17, 15) is 13.5 Å². The lowest BCUT2D eigenvalue weighted by atomic mass is 10.2. The lowest BCUT2D eigenvalue weighted by molar-refractivity contribution is 0.370. The van der Waals surface area contributed by atoms with Crippen LogP contribution in [0.4, 0.5) is 0 Å². The van der Waals surface area contributed by atoms with Gasteiger partial charge in [0.2, 0.25) is 10.0 Å². The van der Waals surface area contributed by atoms with Crippen molar-refractivity contribution in [2.24, 2.45) is 0 Å².